The highest BCUT2D eigenvalue weighted by atomic mass is 16.7. The van der Waals surface area contributed by atoms with Gasteiger partial charge in [-0.1, -0.05) is 30.3 Å². The number of hydrogen-bond acceptors (Lipinski definition) is 8. The van der Waals surface area contributed by atoms with Crippen LogP contribution in [0.5, 0.6) is 5.75 Å². The molecule has 10 nitrogen and oxygen atoms in total. The lowest BCUT2D eigenvalue weighted by molar-refractivity contribution is -0.233. The van der Waals surface area contributed by atoms with Crippen molar-refractivity contribution in [3.63, 3.8) is 0 Å². The van der Waals surface area contributed by atoms with Crippen LogP contribution in [0.1, 0.15) is 37.8 Å². The van der Waals surface area contributed by atoms with Gasteiger partial charge in [-0.25, -0.2) is 4.79 Å². The highest BCUT2D eigenvalue weighted by Crippen LogP contribution is 2.34. The van der Waals surface area contributed by atoms with E-state index in [4.69, 9.17) is 33.6 Å². The third kappa shape index (κ3) is 7.88. The van der Waals surface area contributed by atoms with E-state index in [0.717, 1.165) is 19.1 Å². The Morgan fingerprint density at radius 1 is 1.16 bits per heavy atom. The molecule has 0 spiro atoms. The van der Waals surface area contributed by atoms with Crippen molar-refractivity contribution in [2.75, 3.05) is 19.5 Å². The van der Waals surface area contributed by atoms with Crippen LogP contribution in [0, 0.1) is 6.92 Å². The van der Waals surface area contributed by atoms with Gasteiger partial charge in [-0.3, -0.25) is 9.59 Å². The third-order valence-corrected chi connectivity index (χ3v) is 6.00. The lowest BCUT2D eigenvalue weighted by Crippen LogP contribution is -2.49. The molecule has 3 N–H and O–H groups in total. The van der Waals surface area contributed by atoms with Gasteiger partial charge in [0.1, 0.15) is 17.0 Å². The van der Waals surface area contributed by atoms with E-state index in [0.29, 0.717) is 28.7 Å². The number of ether oxygens (including phenoxy) is 3. The first-order chi connectivity index (χ1) is 18.2. The minimum Gasteiger partial charge on any atom is -0.483 e. The first-order valence-corrected chi connectivity index (χ1v) is 12.0. The molecule has 0 aliphatic carbocycles. The van der Waals surface area contributed by atoms with Crippen LogP contribution in [0.4, 0.5) is 5.69 Å². The van der Waals surface area contributed by atoms with Gasteiger partial charge in [0.25, 0.3) is 6.47 Å². The number of fused-ring (bicyclic) bond motifs is 1. The predicted octanol–water partition coefficient (Wildman–Crippen LogP) is 3.90. The number of carboxylic acid groups (broad SMARTS) is 1. The summed E-state index contributed by atoms with van der Waals surface area (Å²) in [5.74, 6) is 0.305. The van der Waals surface area contributed by atoms with E-state index in [2.05, 4.69) is 5.32 Å². The Morgan fingerprint density at radius 2 is 1.82 bits per heavy atom. The van der Waals surface area contributed by atoms with Crippen molar-refractivity contribution in [3.8, 4) is 5.75 Å². The van der Waals surface area contributed by atoms with Gasteiger partial charge in [-0.2, -0.15) is 0 Å². The number of nitrogens with one attached hydrogen (secondary N) is 1. The molecular formula is C28H35NO9. The summed E-state index contributed by atoms with van der Waals surface area (Å²) >= 11 is 0. The number of aryl methyl sites for hydroxylation is 1. The molecule has 206 valence electrons. The fraction of sp³-hybridized carbons (Fsp3) is 0.393. The summed E-state index contributed by atoms with van der Waals surface area (Å²) in [6.07, 6.45) is 1.26. The van der Waals surface area contributed by atoms with Crippen LogP contribution < -0.4 is 15.7 Å². The summed E-state index contributed by atoms with van der Waals surface area (Å²) in [7, 11) is 2.69. The highest BCUT2D eigenvalue weighted by Gasteiger charge is 2.39. The van der Waals surface area contributed by atoms with Gasteiger partial charge in [-0.15, -0.1) is 0 Å². The van der Waals surface area contributed by atoms with E-state index in [1.807, 2.05) is 57.2 Å². The van der Waals surface area contributed by atoms with Crippen molar-refractivity contribution in [1.82, 2.24) is 0 Å². The van der Waals surface area contributed by atoms with Crippen LogP contribution in [0.3, 0.4) is 0 Å². The molecule has 4 rings (SSSR count). The molecule has 1 aliphatic rings. The average molecular weight is 530 g/mol. The second-order valence-electron chi connectivity index (χ2n) is 8.94. The number of carbonyl (C=O) groups excluding carboxylic acids is 1. The minimum absolute atomic E-state index is 0.00333. The van der Waals surface area contributed by atoms with Gasteiger partial charge in [0.2, 0.25) is 12.2 Å². The molecule has 2 aromatic carbocycles. The molecule has 2 atom stereocenters. The molecule has 1 aromatic heterocycles. The second-order valence-corrected chi connectivity index (χ2v) is 8.94. The number of aliphatic hydroxyl groups excluding tert-OH is 1. The maximum atomic E-state index is 12.6. The summed E-state index contributed by atoms with van der Waals surface area (Å²) < 4.78 is 23.3. The molecular weight excluding hydrogens is 494 g/mol. The van der Waals surface area contributed by atoms with Gasteiger partial charge in [0, 0.05) is 31.6 Å². The summed E-state index contributed by atoms with van der Waals surface area (Å²) in [5, 5.41) is 17.2. The summed E-state index contributed by atoms with van der Waals surface area (Å²) in [4.78, 5) is 33.3. The molecule has 1 aliphatic heterocycles. The number of hydrogen-bond donors (Lipinski definition) is 3. The summed E-state index contributed by atoms with van der Waals surface area (Å²) in [5.41, 5.74) is 1.01. The molecule has 1 amide bonds. The molecule has 38 heavy (non-hydrogen) atoms. The van der Waals surface area contributed by atoms with E-state index < -0.39 is 17.5 Å². The zero-order chi connectivity index (χ0) is 28.3. The average Bonchev–Trinajstić information content (AvgIpc) is 2.88. The number of amides is 1. The maximum absolute atomic E-state index is 12.6. The van der Waals surface area contributed by atoms with E-state index in [1.54, 1.807) is 19.2 Å². The highest BCUT2D eigenvalue weighted by molar-refractivity contribution is 5.94. The zero-order valence-corrected chi connectivity index (χ0v) is 22.2. The Kier molecular flexibility index (Phi) is 11.5. The van der Waals surface area contributed by atoms with E-state index in [9.17, 15) is 9.59 Å². The molecule has 3 aromatic rings. The van der Waals surface area contributed by atoms with Crippen molar-refractivity contribution in [1.29, 1.82) is 0 Å². The number of methoxy groups -OCH3 is 1. The normalized spacial score (nSPS) is 17.7. The number of rotatable bonds is 6. The first-order valence-electron chi connectivity index (χ1n) is 12.0. The molecule has 1 fully saturated rings. The monoisotopic (exact) mass is 529 g/mol. The number of anilines is 1. The Morgan fingerprint density at radius 3 is 2.42 bits per heavy atom. The standard InChI is InChI=1S/C26H29NO6.CH2O2.CH4O/c1-16-20(31-23-13-12-21(30-4)26(2,3)33-23)11-10-18-15-19(25(29)32-24(16)18)27-22(28)14-17-8-6-5-7-9-17;2-1-3;1-2/h5-11,15,21,23H,12-14H2,1-4H3,(H,27,28);1H,(H,2,3);2H,1H3. The fourth-order valence-electron chi connectivity index (χ4n) is 4.23. The molecule has 10 heteroatoms. The van der Waals surface area contributed by atoms with Crippen LogP contribution >= 0.6 is 0 Å². The molecule has 0 bridgehead atoms. The molecule has 2 unspecified atom stereocenters. The minimum atomic E-state index is -0.609. The Labute approximate surface area is 221 Å². The second kappa shape index (κ2) is 14.3. The lowest BCUT2D eigenvalue weighted by Gasteiger charge is -2.41. The summed E-state index contributed by atoms with van der Waals surface area (Å²) in [6, 6.07) is 14.6. The molecule has 0 saturated carbocycles. The van der Waals surface area contributed by atoms with Gasteiger partial charge >= 0.3 is 5.63 Å². The summed E-state index contributed by atoms with van der Waals surface area (Å²) in [6.45, 7) is 5.55. The smallest absolute Gasteiger partial charge is 0.360 e. The predicted molar refractivity (Wildman–Crippen MR) is 142 cm³/mol. The van der Waals surface area contributed by atoms with Crippen molar-refractivity contribution >= 4 is 29.0 Å². The molecule has 2 heterocycles. The van der Waals surface area contributed by atoms with Crippen molar-refractivity contribution < 1.29 is 38.4 Å². The quantitative estimate of drug-likeness (QED) is 0.320. The van der Waals surface area contributed by atoms with E-state index in [1.165, 1.54) is 0 Å². The van der Waals surface area contributed by atoms with Crippen LogP contribution in [-0.2, 0) is 25.5 Å². The van der Waals surface area contributed by atoms with Crippen LogP contribution in [-0.4, -0.2) is 54.8 Å². The SMILES string of the molecule is CO.COC1CCC(Oc2ccc3cc(NC(=O)Cc4ccccc4)c(=O)oc3c2C)OC1(C)C.O=CO. The van der Waals surface area contributed by atoms with Crippen LogP contribution in [0.2, 0.25) is 0 Å². The van der Waals surface area contributed by atoms with E-state index in [-0.39, 0.29) is 30.6 Å². The van der Waals surface area contributed by atoms with Gasteiger partial charge < -0.3 is 34.2 Å². The maximum Gasteiger partial charge on any atom is 0.360 e. The fourth-order valence-corrected chi connectivity index (χ4v) is 4.23. The number of benzene rings is 2. The molecule has 1 saturated heterocycles. The Bertz CT molecular complexity index is 1250. The topological polar surface area (TPSA) is 145 Å². The zero-order valence-electron chi connectivity index (χ0n) is 22.2. The van der Waals surface area contributed by atoms with Crippen LogP contribution in [0.15, 0.2) is 57.7 Å². The van der Waals surface area contributed by atoms with Crippen molar-refractivity contribution in [2.45, 2.75) is 58.0 Å². The van der Waals surface area contributed by atoms with E-state index >= 15 is 0 Å². The largest absolute Gasteiger partial charge is 0.483 e. The van der Waals surface area contributed by atoms with Gasteiger partial charge in [0.15, 0.2) is 0 Å². The van der Waals surface area contributed by atoms with Gasteiger partial charge in [0.05, 0.1) is 18.1 Å². The van der Waals surface area contributed by atoms with Crippen LogP contribution in [0.25, 0.3) is 11.0 Å². The van der Waals surface area contributed by atoms with Crippen molar-refractivity contribution in [3.05, 3.63) is 70.1 Å². The van der Waals surface area contributed by atoms with Crippen molar-refractivity contribution in [2.24, 2.45) is 0 Å². The number of carbonyl (C=O) groups is 2. The first kappa shape index (κ1) is 30.5. The number of aliphatic hydroxyl groups is 1. The Balaban J connectivity index is 0.000000947. The van der Waals surface area contributed by atoms with Gasteiger partial charge in [-0.05, 0) is 51.0 Å². The Hall–Kier alpha value is -3.73. The lowest BCUT2D eigenvalue weighted by atomic mass is 9.94. The third-order valence-electron chi connectivity index (χ3n) is 6.00. The molecule has 0 radical (unpaired) electrons.